The van der Waals surface area contributed by atoms with Crippen molar-refractivity contribution in [2.45, 2.75) is 6.92 Å². The molecule has 0 aliphatic carbocycles. The van der Waals surface area contributed by atoms with Gasteiger partial charge >= 0.3 is 0 Å². The third kappa shape index (κ3) is 2.45. The first-order chi connectivity index (χ1) is 5.24. The molecular formula is C7H7Br2NO. The number of nitrogens with zero attached hydrogens (tertiary/aromatic N) is 1. The fourth-order valence-corrected chi connectivity index (χ4v) is 1.19. The normalized spacial score (nSPS) is 9.73. The number of aromatic nitrogens is 1. The number of ether oxygens (including phenoxy) is 1. The summed E-state index contributed by atoms with van der Waals surface area (Å²) in [5.74, 6) is 0.780. The lowest BCUT2D eigenvalue weighted by Crippen LogP contribution is -1.92. The summed E-state index contributed by atoms with van der Waals surface area (Å²) in [6.45, 7) is 2.60. The van der Waals surface area contributed by atoms with Crippen LogP contribution in [0, 0.1) is 0 Å². The van der Waals surface area contributed by atoms with Crippen molar-refractivity contribution in [1.29, 1.82) is 0 Å². The summed E-state index contributed by atoms with van der Waals surface area (Å²) in [6.07, 6.45) is 1.68. The maximum Gasteiger partial charge on any atom is 0.138 e. The zero-order valence-corrected chi connectivity index (χ0v) is 9.15. The predicted octanol–water partition coefficient (Wildman–Crippen LogP) is 3.01. The summed E-state index contributed by atoms with van der Waals surface area (Å²) in [7, 11) is 0. The molecule has 1 aromatic heterocycles. The minimum atomic E-state index is 0.662. The Morgan fingerprint density at radius 3 is 2.82 bits per heavy atom. The van der Waals surface area contributed by atoms with Gasteiger partial charge in [-0.15, -0.1) is 0 Å². The molecule has 0 aromatic carbocycles. The minimum absolute atomic E-state index is 0.662. The Kier molecular flexibility index (Phi) is 3.33. The van der Waals surface area contributed by atoms with Crippen molar-refractivity contribution in [1.82, 2.24) is 4.98 Å². The molecule has 0 bridgehead atoms. The van der Waals surface area contributed by atoms with Gasteiger partial charge in [-0.05, 0) is 44.8 Å². The van der Waals surface area contributed by atoms with E-state index in [1.807, 2.05) is 13.0 Å². The van der Waals surface area contributed by atoms with Gasteiger partial charge in [0.05, 0.1) is 17.3 Å². The van der Waals surface area contributed by atoms with Gasteiger partial charge in [0.2, 0.25) is 0 Å². The van der Waals surface area contributed by atoms with Crippen LogP contribution in [0.5, 0.6) is 5.75 Å². The van der Waals surface area contributed by atoms with Gasteiger partial charge in [0.25, 0.3) is 0 Å². The van der Waals surface area contributed by atoms with Crippen molar-refractivity contribution >= 4 is 31.9 Å². The molecule has 0 fully saturated rings. The highest BCUT2D eigenvalue weighted by molar-refractivity contribution is 9.13. The third-order valence-electron chi connectivity index (χ3n) is 1.08. The van der Waals surface area contributed by atoms with Gasteiger partial charge in [0, 0.05) is 0 Å². The first kappa shape index (κ1) is 9.00. The van der Waals surface area contributed by atoms with E-state index in [0.29, 0.717) is 6.61 Å². The molecule has 1 rings (SSSR count). The average Bonchev–Trinajstić information content (AvgIpc) is 1.98. The minimum Gasteiger partial charge on any atom is -0.492 e. The number of hydrogen-bond donors (Lipinski definition) is 0. The van der Waals surface area contributed by atoms with Crippen LogP contribution in [-0.4, -0.2) is 11.6 Å². The van der Waals surface area contributed by atoms with Gasteiger partial charge in [0.15, 0.2) is 0 Å². The molecule has 0 spiro atoms. The summed E-state index contributed by atoms with van der Waals surface area (Å²) in [5.41, 5.74) is 0. The fraction of sp³-hybridized carbons (Fsp3) is 0.286. The molecule has 0 saturated carbocycles. The van der Waals surface area contributed by atoms with Gasteiger partial charge < -0.3 is 4.74 Å². The van der Waals surface area contributed by atoms with E-state index in [-0.39, 0.29) is 0 Å². The van der Waals surface area contributed by atoms with E-state index in [0.717, 1.165) is 14.8 Å². The Bertz CT molecular complexity index is 252. The molecule has 0 N–H and O–H groups in total. The van der Waals surface area contributed by atoms with E-state index in [4.69, 9.17) is 4.74 Å². The zero-order valence-electron chi connectivity index (χ0n) is 5.97. The molecule has 4 heteroatoms. The number of rotatable bonds is 2. The van der Waals surface area contributed by atoms with Crippen molar-refractivity contribution in [3.05, 3.63) is 21.3 Å². The maximum absolute atomic E-state index is 5.23. The Morgan fingerprint density at radius 2 is 2.27 bits per heavy atom. The van der Waals surface area contributed by atoms with E-state index in [1.165, 1.54) is 0 Å². The van der Waals surface area contributed by atoms with E-state index < -0.39 is 0 Å². The quantitative estimate of drug-likeness (QED) is 0.777. The third-order valence-corrected chi connectivity index (χ3v) is 2.85. The second-order valence-electron chi connectivity index (χ2n) is 1.88. The summed E-state index contributed by atoms with van der Waals surface area (Å²) in [5, 5.41) is 0. The summed E-state index contributed by atoms with van der Waals surface area (Å²) in [4.78, 5) is 4.04. The largest absolute Gasteiger partial charge is 0.492 e. The number of pyridine rings is 1. The SMILES string of the molecule is CCOc1cnc(Br)c(Br)c1. The molecule has 0 unspecified atom stereocenters. The molecule has 11 heavy (non-hydrogen) atoms. The molecule has 60 valence electrons. The van der Waals surface area contributed by atoms with Gasteiger partial charge in [-0.3, -0.25) is 0 Å². The first-order valence-electron chi connectivity index (χ1n) is 3.18. The van der Waals surface area contributed by atoms with E-state index >= 15 is 0 Å². The van der Waals surface area contributed by atoms with Crippen LogP contribution in [0.25, 0.3) is 0 Å². The predicted molar refractivity (Wildman–Crippen MR) is 50.8 cm³/mol. The van der Waals surface area contributed by atoms with Crippen LogP contribution in [0.2, 0.25) is 0 Å². The maximum atomic E-state index is 5.23. The lowest BCUT2D eigenvalue weighted by atomic mass is 10.5. The van der Waals surface area contributed by atoms with Crippen LogP contribution in [0.4, 0.5) is 0 Å². The van der Waals surface area contributed by atoms with Crippen molar-refractivity contribution in [2.24, 2.45) is 0 Å². The zero-order chi connectivity index (χ0) is 8.27. The van der Waals surface area contributed by atoms with Crippen molar-refractivity contribution in [2.75, 3.05) is 6.61 Å². The van der Waals surface area contributed by atoms with Gasteiger partial charge in [-0.25, -0.2) is 4.98 Å². The number of hydrogen-bond acceptors (Lipinski definition) is 2. The number of halogens is 2. The van der Waals surface area contributed by atoms with E-state index in [1.54, 1.807) is 6.20 Å². The molecule has 0 amide bonds. The molecule has 0 aliphatic rings. The second-order valence-corrected chi connectivity index (χ2v) is 3.48. The Labute approximate surface area is 82.2 Å². The van der Waals surface area contributed by atoms with Crippen molar-refractivity contribution in [3.63, 3.8) is 0 Å². The molecule has 0 radical (unpaired) electrons. The lowest BCUT2D eigenvalue weighted by molar-refractivity contribution is 0.338. The Morgan fingerprint density at radius 1 is 1.55 bits per heavy atom. The van der Waals surface area contributed by atoms with E-state index in [2.05, 4.69) is 36.8 Å². The summed E-state index contributed by atoms with van der Waals surface area (Å²) in [6, 6.07) is 1.88. The Balaban J connectivity index is 2.86. The van der Waals surface area contributed by atoms with Gasteiger partial charge in [-0.2, -0.15) is 0 Å². The van der Waals surface area contributed by atoms with Crippen LogP contribution in [0.15, 0.2) is 21.3 Å². The van der Waals surface area contributed by atoms with Crippen LogP contribution < -0.4 is 4.74 Å². The van der Waals surface area contributed by atoms with E-state index in [9.17, 15) is 0 Å². The van der Waals surface area contributed by atoms with Crippen LogP contribution in [-0.2, 0) is 0 Å². The standard InChI is InChI=1S/C7H7Br2NO/c1-2-11-5-3-6(8)7(9)10-4-5/h3-4H,2H2,1H3. The highest BCUT2D eigenvalue weighted by Crippen LogP contribution is 2.24. The Hall–Kier alpha value is -0.0900. The average molecular weight is 281 g/mol. The molecule has 1 heterocycles. The topological polar surface area (TPSA) is 22.1 Å². The molecule has 0 aliphatic heterocycles. The monoisotopic (exact) mass is 279 g/mol. The van der Waals surface area contributed by atoms with Crippen molar-refractivity contribution < 1.29 is 4.74 Å². The first-order valence-corrected chi connectivity index (χ1v) is 4.76. The van der Waals surface area contributed by atoms with Gasteiger partial charge in [0.1, 0.15) is 10.4 Å². The fourth-order valence-electron chi connectivity index (χ4n) is 0.649. The van der Waals surface area contributed by atoms with Crippen LogP contribution in [0.3, 0.4) is 0 Å². The van der Waals surface area contributed by atoms with Crippen molar-refractivity contribution in [3.8, 4) is 5.75 Å². The van der Waals surface area contributed by atoms with Crippen LogP contribution in [0.1, 0.15) is 6.92 Å². The molecule has 2 nitrogen and oxygen atoms in total. The molecular weight excluding hydrogens is 274 g/mol. The smallest absolute Gasteiger partial charge is 0.138 e. The van der Waals surface area contributed by atoms with Gasteiger partial charge in [-0.1, -0.05) is 0 Å². The van der Waals surface area contributed by atoms with Crippen LogP contribution >= 0.6 is 31.9 Å². The highest BCUT2D eigenvalue weighted by atomic mass is 79.9. The summed E-state index contributed by atoms with van der Waals surface area (Å²) < 4.78 is 6.93. The molecule has 0 saturated heterocycles. The lowest BCUT2D eigenvalue weighted by Gasteiger charge is -2.02. The second kappa shape index (κ2) is 4.07. The molecule has 0 atom stereocenters. The highest BCUT2D eigenvalue weighted by Gasteiger charge is 1.98. The molecule has 1 aromatic rings. The summed E-state index contributed by atoms with van der Waals surface area (Å²) >= 11 is 6.59.